The van der Waals surface area contributed by atoms with Crippen molar-refractivity contribution in [3.63, 3.8) is 0 Å². The molecule has 0 atom stereocenters. The molecule has 6 nitrogen and oxygen atoms in total. The Morgan fingerprint density at radius 3 is 2.54 bits per heavy atom. The molecule has 0 bridgehead atoms. The van der Waals surface area contributed by atoms with Crippen LogP contribution in [0.25, 0.3) is 0 Å². The van der Waals surface area contributed by atoms with Crippen LogP contribution in [0.3, 0.4) is 0 Å². The predicted molar refractivity (Wildman–Crippen MR) is 102 cm³/mol. The van der Waals surface area contributed by atoms with Gasteiger partial charge in [0.05, 0.1) is 6.54 Å². The molecule has 1 N–H and O–H groups in total. The number of carbonyl (C=O) groups excluding carboxylic acids is 2. The number of unbranched alkanes of at least 4 members (excludes halogenated alkanes) is 1. The first kappa shape index (κ1) is 20.2. The zero-order chi connectivity index (χ0) is 18.9. The lowest BCUT2D eigenvalue weighted by Gasteiger charge is -2.34. The maximum Gasteiger partial charge on any atom is 0.260 e. The fourth-order valence-electron chi connectivity index (χ4n) is 3.01. The van der Waals surface area contributed by atoms with Gasteiger partial charge in [0.1, 0.15) is 5.75 Å². The third kappa shape index (κ3) is 6.33. The summed E-state index contributed by atoms with van der Waals surface area (Å²) in [6.07, 6.45) is 2.08. The van der Waals surface area contributed by atoms with Gasteiger partial charge in [0.2, 0.25) is 5.91 Å². The molecule has 1 saturated heterocycles. The Balaban J connectivity index is 1.70. The fraction of sp³-hybridized carbons (Fsp3) is 0.600. The van der Waals surface area contributed by atoms with Gasteiger partial charge in [-0.25, -0.2) is 0 Å². The number of nitrogens with one attached hydrogen (secondary N) is 1. The number of nitrogens with zero attached hydrogens (tertiary/aromatic N) is 2. The first-order valence-corrected chi connectivity index (χ1v) is 9.46. The Morgan fingerprint density at radius 2 is 1.88 bits per heavy atom. The van der Waals surface area contributed by atoms with Gasteiger partial charge in [0.25, 0.3) is 5.91 Å². The van der Waals surface area contributed by atoms with Gasteiger partial charge in [-0.2, -0.15) is 0 Å². The molecule has 144 valence electrons. The monoisotopic (exact) mass is 361 g/mol. The van der Waals surface area contributed by atoms with Gasteiger partial charge >= 0.3 is 0 Å². The highest BCUT2D eigenvalue weighted by molar-refractivity contribution is 5.79. The topological polar surface area (TPSA) is 61.9 Å². The van der Waals surface area contributed by atoms with Gasteiger partial charge in [-0.05, 0) is 31.9 Å². The second-order valence-corrected chi connectivity index (χ2v) is 6.92. The van der Waals surface area contributed by atoms with Crippen LogP contribution in [-0.2, 0) is 9.59 Å². The molecule has 0 radical (unpaired) electrons. The van der Waals surface area contributed by atoms with Crippen LogP contribution >= 0.6 is 0 Å². The van der Waals surface area contributed by atoms with Crippen molar-refractivity contribution in [2.45, 2.75) is 33.6 Å². The molecule has 0 spiro atoms. The van der Waals surface area contributed by atoms with Crippen LogP contribution in [0.15, 0.2) is 18.2 Å². The molecular formula is C20H31N3O3. The van der Waals surface area contributed by atoms with Crippen molar-refractivity contribution in [2.75, 3.05) is 45.9 Å². The standard InChI is InChI=1S/C20H31N3O3/c1-4-5-8-21-19(24)14-22-9-11-23(12-10-22)20(25)15-26-18-7-6-16(2)13-17(18)3/h6-7,13H,4-5,8-12,14-15H2,1-3H3,(H,21,24). The molecule has 0 saturated carbocycles. The second-order valence-electron chi connectivity index (χ2n) is 6.92. The number of hydrogen-bond donors (Lipinski definition) is 1. The van der Waals surface area contributed by atoms with Gasteiger partial charge in [-0.3, -0.25) is 14.5 Å². The third-order valence-electron chi connectivity index (χ3n) is 4.63. The zero-order valence-corrected chi connectivity index (χ0v) is 16.2. The van der Waals surface area contributed by atoms with Crippen molar-refractivity contribution in [2.24, 2.45) is 0 Å². The fourth-order valence-corrected chi connectivity index (χ4v) is 3.01. The van der Waals surface area contributed by atoms with E-state index in [1.807, 2.05) is 36.9 Å². The average Bonchev–Trinajstić information content (AvgIpc) is 2.61. The van der Waals surface area contributed by atoms with E-state index in [0.29, 0.717) is 19.6 Å². The minimum Gasteiger partial charge on any atom is -0.484 e. The number of hydrogen-bond acceptors (Lipinski definition) is 4. The van der Waals surface area contributed by atoms with E-state index in [9.17, 15) is 9.59 Å². The summed E-state index contributed by atoms with van der Waals surface area (Å²) in [7, 11) is 0. The molecule has 6 heteroatoms. The number of carbonyl (C=O) groups is 2. The van der Waals surface area contributed by atoms with Crippen molar-refractivity contribution >= 4 is 11.8 Å². The summed E-state index contributed by atoms with van der Waals surface area (Å²) in [5, 5.41) is 2.93. The maximum absolute atomic E-state index is 12.4. The van der Waals surface area contributed by atoms with Crippen molar-refractivity contribution in [3.8, 4) is 5.75 Å². The van der Waals surface area contributed by atoms with E-state index in [1.54, 1.807) is 0 Å². The number of amides is 2. The van der Waals surface area contributed by atoms with Crippen LogP contribution in [0.4, 0.5) is 0 Å². The molecule has 0 unspecified atom stereocenters. The van der Waals surface area contributed by atoms with Crippen LogP contribution < -0.4 is 10.1 Å². The molecule has 0 aliphatic carbocycles. The Labute approximate surface area is 156 Å². The van der Waals surface area contributed by atoms with Crippen molar-refractivity contribution in [3.05, 3.63) is 29.3 Å². The summed E-state index contributed by atoms with van der Waals surface area (Å²) >= 11 is 0. The van der Waals surface area contributed by atoms with Crippen LogP contribution in [0.2, 0.25) is 0 Å². The van der Waals surface area contributed by atoms with E-state index in [2.05, 4.69) is 17.1 Å². The Hall–Kier alpha value is -2.08. The highest BCUT2D eigenvalue weighted by Gasteiger charge is 2.22. The zero-order valence-electron chi connectivity index (χ0n) is 16.2. The molecule has 1 aromatic carbocycles. The molecule has 26 heavy (non-hydrogen) atoms. The lowest BCUT2D eigenvalue weighted by molar-refractivity contribution is -0.135. The normalized spacial score (nSPS) is 15.0. The smallest absolute Gasteiger partial charge is 0.260 e. The summed E-state index contributed by atoms with van der Waals surface area (Å²) in [5.74, 6) is 0.819. The first-order chi connectivity index (χ1) is 12.5. The minimum absolute atomic E-state index is 0.00276. The summed E-state index contributed by atoms with van der Waals surface area (Å²) in [6, 6.07) is 5.94. The van der Waals surface area contributed by atoms with Crippen molar-refractivity contribution < 1.29 is 14.3 Å². The average molecular weight is 361 g/mol. The number of aryl methyl sites for hydroxylation is 2. The summed E-state index contributed by atoms with van der Waals surface area (Å²) < 4.78 is 5.68. The molecule has 1 aromatic rings. The number of piperazine rings is 1. The lowest BCUT2D eigenvalue weighted by Crippen LogP contribution is -2.52. The summed E-state index contributed by atoms with van der Waals surface area (Å²) in [6.45, 7) is 10.0. The molecule has 1 aliphatic heterocycles. The minimum atomic E-state index is -0.00276. The van der Waals surface area contributed by atoms with E-state index in [0.717, 1.165) is 43.8 Å². The third-order valence-corrected chi connectivity index (χ3v) is 4.63. The number of ether oxygens (including phenoxy) is 1. The molecular weight excluding hydrogens is 330 g/mol. The van der Waals surface area contributed by atoms with Gasteiger partial charge in [-0.15, -0.1) is 0 Å². The van der Waals surface area contributed by atoms with E-state index in [1.165, 1.54) is 5.56 Å². The molecule has 2 amide bonds. The number of rotatable bonds is 8. The summed E-state index contributed by atoms with van der Waals surface area (Å²) in [5.41, 5.74) is 2.22. The van der Waals surface area contributed by atoms with Gasteiger partial charge in [-0.1, -0.05) is 31.0 Å². The molecule has 2 rings (SSSR count). The van der Waals surface area contributed by atoms with Crippen LogP contribution in [0.5, 0.6) is 5.75 Å². The van der Waals surface area contributed by atoms with Crippen molar-refractivity contribution in [1.82, 2.24) is 15.1 Å². The van der Waals surface area contributed by atoms with Crippen LogP contribution in [-0.4, -0.2) is 67.5 Å². The highest BCUT2D eigenvalue weighted by Crippen LogP contribution is 2.18. The number of benzene rings is 1. The van der Waals surface area contributed by atoms with Gasteiger partial charge < -0.3 is 15.0 Å². The predicted octanol–water partition coefficient (Wildman–Crippen LogP) is 1.74. The molecule has 1 heterocycles. The molecule has 1 fully saturated rings. The first-order valence-electron chi connectivity index (χ1n) is 9.46. The van der Waals surface area contributed by atoms with E-state index in [4.69, 9.17) is 4.74 Å². The Morgan fingerprint density at radius 1 is 1.15 bits per heavy atom. The highest BCUT2D eigenvalue weighted by atomic mass is 16.5. The Kier molecular flexibility index (Phi) is 7.91. The van der Waals surface area contributed by atoms with Crippen LogP contribution in [0, 0.1) is 13.8 Å². The largest absolute Gasteiger partial charge is 0.484 e. The van der Waals surface area contributed by atoms with Crippen LogP contribution in [0.1, 0.15) is 30.9 Å². The summed E-state index contributed by atoms with van der Waals surface area (Å²) in [4.78, 5) is 28.1. The Bertz CT molecular complexity index is 610. The van der Waals surface area contributed by atoms with E-state index in [-0.39, 0.29) is 18.4 Å². The van der Waals surface area contributed by atoms with Gasteiger partial charge in [0, 0.05) is 32.7 Å². The second kappa shape index (κ2) is 10.2. The maximum atomic E-state index is 12.4. The molecule has 0 aromatic heterocycles. The van der Waals surface area contributed by atoms with E-state index >= 15 is 0 Å². The lowest BCUT2D eigenvalue weighted by atomic mass is 10.1. The molecule has 1 aliphatic rings. The SMILES string of the molecule is CCCCNC(=O)CN1CCN(C(=O)COc2ccc(C)cc2C)CC1. The van der Waals surface area contributed by atoms with Crippen molar-refractivity contribution in [1.29, 1.82) is 0 Å². The van der Waals surface area contributed by atoms with Gasteiger partial charge in [0.15, 0.2) is 6.61 Å². The van der Waals surface area contributed by atoms with E-state index < -0.39 is 0 Å². The quantitative estimate of drug-likeness (QED) is 0.717.